The van der Waals surface area contributed by atoms with E-state index < -0.39 is 0 Å². The van der Waals surface area contributed by atoms with Crippen LogP contribution in [0, 0.1) is 0 Å². The van der Waals surface area contributed by atoms with Crippen LogP contribution in [0.1, 0.15) is 27.7 Å². The standard InChI is InChI=1S/C51H33N3S.C30H27BO2S.C27H18ClN3/c1-5-16-34(17-6-1)38-24-13-25-39(30-38)43-26-14-28-45-46-29-15-27-44(48(46)55-47(43)45)41-31-40(35-18-7-2-8-19-35)32-42(33-41)51-53-49(36-20-9-3-10-21-36)52-50(54-51)37-22-11-4-12-23-37;1-29(2)30(3,4)33-31(32-29)26-18-10-17-25-24-16-9-15-23(27(24)34-28(25)26)22-14-8-13-21(19-22)20-11-6-5-7-12-20;28-24-17-22(19-10-4-1-5-11-19)16-23(18-24)27-30-25(20-12-6-2-7-13-20)29-26(31-27)21-14-8-3-9-15-21/h1-33H;5-19H,1-4H3;1-18H. The lowest BCUT2D eigenvalue weighted by atomic mass is 9.78. The fourth-order valence-corrected chi connectivity index (χ4v) is 18.6. The highest BCUT2D eigenvalue weighted by atomic mass is 35.5. The van der Waals surface area contributed by atoms with Gasteiger partial charge in [0.1, 0.15) is 0 Å². The SMILES string of the molecule is CC1(C)OB(c2cccc3c2sc2c(-c4cccc(-c5ccccc5)c4)cccc23)OC1(C)C.Clc1cc(-c2ccccc2)cc(-c2nc(-c3ccccc3)nc(-c3ccccc3)n2)c1.c1ccc(-c2cccc(-c3cccc4c3sc3c(-c5cc(-c6ccccc6)cc(-c6nc(-c7ccccc7)nc(-c7ccccc7)n6)c5)cccc34)c2)cc1. The van der Waals surface area contributed by atoms with Gasteiger partial charge >= 0.3 is 7.12 Å². The zero-order valence-corrected chi connectivity index (χ0v) is 68.8. The van der Waals surface area contributed by atoms with Gasteiger partial charge in [-0.25, -0.2) is 29.9 Å². The van der Waals surface area contributed by atoms with Crippen molar-refractivity contribution >= 4 is 87.2 Å². The molecule has 20 aromatic rings. The molecule has 1 aliphatic rings. The topological polar surface area (TPSA) is 95.8 Å². The van der Waals surface area contributed by atoms with Crippen molar-refractivity contribution in [2.24, 2.45) is 0 Å². The van der Waals surface area contributed by atoms with Crippen LogP contribution in [-0.4, -0.2) is 48.2 Å². The summed E-state index contributed by atoms with van der Waals surface area (Å²) in [6, 6.07) is 139. The van der Waals surface area contributed by atoms with Crippen molar-refractivity contribution in [2.75, 3.05) is 0 Å². The maximum absolute atomic E-state index is 6.49. The highest BCUT2D eigenvalue weighted by Gasteiger charge is 2.52. The summed E-state index contributed by atoms with van der Waals surface area (Å²) in [5.41, 5.74) is 22.4. The van der Waals surface area contributed by atoms with Crippen molar-refractivity contribution < 1.29 is 9.31 Å². The summed E-state index contributed by atoms with van der Waals surface area (Å²) >= 11 is 10.2. The molecule has 1 saturated heterocycles. The van der Waals surface area contributed by atoms with Gasteiger partial charge in [0.15, 0.2) is 34.9 Å². The normalized spacial score (nSPS) is 12.8. The predicted molar refractivity (Wildman–Crippen MR) is 503 cm³/mol. The Kier molecular flexibility index (Phi) is 21.2. The van der Waals surface area contributed by atoms with E-state index >= 15 is 0 Å². The Labute approximate surface area is 711 Å². The number of thiophene rings is 2. The summed E-state index contributed by atoms with van der Waals surface area (Å²) < 4.78 is 17.9. The van der Waals surface area contributed by atoms with Crippen molar-refractivity contribution in [2.45, 2.75) is 38.9 Å². The molecule has 12 heteroatoms. The predicted octanol–water partition coefficient (Wildman–Crippen LogP) is 28.8. The fourth-order valence-electron chi connectivity index (χ4n) is 15.6. The summed E-state index contributed by atoms with van der Waals surface area (Å²) in [7, 11) is -0.369. The van der Waals surface area contributed by atoms with E-state index in [-0.39, 0.29) is 18.3 Å². The summed E-state index contributed by atoms with van der Waals surface area (Å²) in [6.45, 7) is 8.43. The number of benzene rings is 16. The van der Waals surface area contributed by atoms with Crippen molar-refractivity contribution in [3.63, 3.8) is 0 Å². The summed E-state index contributed by atoms with van der Waals surface area (Å²) in [6.07, 6.45) is 0. The molecule has 1 fully saturated rings. The van der Waals surface area contributed by atoms with Gasteiger partial charge in [-0.05, 0) is 160 Å². The second kappa shape index (κ2) is 33.3. The Bertz CT molecular complexity index is 6970. The molecule has 574 valence electrons. The molecule has 0 aliphatic carbocycles. The summed E-state index contributed by atoms with van der Waals surface area (Å²) in [5.74, 6) is 3.78. The molecule has 0 saturated carbocycles. The molecule has 0 unspecified atom stereocenters. The minimum Gasteiger partial charge on any atom is -0.399 e. The minimum atomic E-state index is -0.369. The molecular formula is C108H78BClN6O2S2. The van der Waals surface area contributed by atoms with E-state index in [0.717, 1.165) is 66.7 Å². The van der Waals surface area contributed by atoms with Gasteiger partial charge in [0.2, 0.25) is 0 Å². The highest BCUT2D eigenvalue weighted by molar-refractivity contribution is 7.27. The van der Waals surface area contributed by atoms with Gasteiger partial charge < -0.3 is 9.31 Å². The number of rotatable bonds is 14. The van der Waals surface area contributed by atoms with Crippen LogP contribution < -0.4 is 5.46 Å². The molecule has 0 spiro atoms. The second-order valence-electron chi connectivity index (χ2n) is 30.8. The first-order valence-corrected chi connectivity index (χ1v) is 42.2. The molecule has 120 heavy (non-hydrogen) atoms. The lowest BCUT2D eigenvalue weighted by Gasteiger charge is -2.32. The van der Waals surface area contributed by atoms with Gasteiger partial charge in [-0.1, -0.05) is 363 Å². The van der Waals surface area contributed by atoms with Crippen LogP contribution in [0.25, 0.3) is 187 Å². The van der Waals surface area contributed by atoms with Gasteiger partial charge in [-0.2, -0.15) is 0 Å². The Morgan fingerprint density at radius 2 is 0.450 bits per heavy atom. The van der Waals surface area contributed by atoms with Crippen LogP contribution in [-0.2, 0) is 9.31 Å². The van der Waals surface area contributed by atoms with Crippen LogP contribution in [0.2, 0.25) is 5.02 Å². The van der Waals surface area contributed by atoms with E-state index in [9.17, 15) is 0 Å². The molecule has 16 aromatic carbocycles. The Morgan fingerprint density at radius 1 is 0.217 bits per heavy atom. The molecule has 8 nitrogen and oxygen atoms in total. The fraction of sp³-hybridized carbons (Fsp3) is 0.0556. The van der Waals surface area contributed by atoms with Crippen LogP contribution in [0.15, 0.2) is 400 Å². The van der Waals surface area contributed by atoms with E-state index in [1.54, 1.807) is 0 Å². The average molecular weight is 1600 g/mol. The molecule has 5 heterocycles. The first-order valence-electron chi connectivity index (χ1n) is 40.2. The third kappa shape index (κ3) is 15.8. The van der Waals surface area contributed by atoms with Crippen molar-refractivity contribution in [3.05, 3.63) is 405 Å². The largest absolute Gasteiger partial charge is 0.496 e. The van der Waals surface area contributed by atoms with Crippen LogP contribution >= 0.6 is 34.3 Å². The van der Waals surface area contributed by atoms with Gasteiger partial charge in [0, 0.05) is 78.8 Å². The van der Waals surface area contributed by atoms with Gasteiger partial charge in [-0.15, -0.1) is 22.7 Å². The van der Waals surface area contributed by atoms with Gasteiger partial charge in [0.05, 0.1) is 11.2 Å². The molecule has 0 amide bonds. The summed E-state index contributed by atoms with van der Waals surface area (Å²) in [4.78, 5) is 29.5. The van der Waals surface area contributed by atoms with Crippen LogP contribution in [0.3, 0.4) is 0 Å². The number of fused-ring (bicyclic) bond motifs is 6. The smallest absolute Gasteiger partial charge is 0.399 e. The Hall–Kier alpha value is -13.7. The molecule has 21 rings (SSSR count). The maximum Gasteiger partial charge on any atom is 0.496 e. The lowest BCUT2D eigenvalue weighted by molar-refractivity contribution is 0.00578. The van der Waals surface area contributed by atoms with Crippen LogP contribution in [0.4, 0.5) is 0 Å². The van der Waals surface area contributed by atoms with E-state index in [1.807, 2.05) is 174 Å². The number of halogens is 1. The van der Waals surface area contributed by atoms with E-state index in [4.69, 9.17) is 50.8 Å². The van der Waals surface area contributed by atoms with Gasteiger partial charge in [0.25, 0.3) is 0 Å². The molecule has 0 atom stereocenters. The zero-order chi connectivity index (χ0) is 81.1. The first kappa shape index (κ1) is 76.2. The molecule has 0 bridgehead atoms. The number of hydrogen-bond acceptors (Lipinski definition) is 10. The monoisotopic (exact) mass is 1600 g/mol. The number of nitrogens with zero attached hydrogens (tertiary/aromatic N) is 6. The Balaban J connectivity index is 0.000000126. The second-order valence-corrected chi connectivity index (χ2v) is 33.3. The average Bonchev–Trinajstić information content (AvgIpc) is 1.57. The van der Waals surface area contributed by atoms with Crippen LogP contribution in [0.5, 0.6) is 0 Å². The minimum absolute atomic E-state index is 0.362. The molecule has 0 N–H and O–H groups in total. The van der Waals surface area contributed by atoms with E-state index in [2.05, 4.69) is 276 Å². The third-order valence-corrected chi connectivity index (χ3v) is 25.2. The lowest BCUT2D eigenvalue weighted by Crippen LogP contribution is -2.41. The molecule has 0 radical (unpaired) electrons. The Morgan fingerprint density at radius 3 is 0.817 bits per heavy atom. The third-order valence-electron chi connectivity index (χ3n) is 22.4. The van der Waals surface area contributed by atoms with Gasteiger partial charge in [-0.3, -0.25) is 0 Å². The quantitative estimate of drug-likeness (QED) is 0.0994. The van der Waals surface area contributed by atoms with Crippen molar-refractivity contribution in [1.29, 1.82) is 0 Å². The zero-order valence-electron chi connectivity index (χ0n) is 66.4. The van der Waals surface area contributed by atoms with E-state index in [0.29, 0.717) is 40.0 Å². The molecule has 4 aromatic heterocycles. The van der Waals surface area contributed by atoms with Crippen molar-refractivity contribution in [1.82, 2.24) is 29.9 Å². The highest BCUT2D eigenvalue weighted by Crippen LogP contribution is 2.47. The number of hydrogen-bond donors (Lipinski definition) is 0. The maximum atomic E-state index is 6.49. The van der Waals surface area contributed by atoms with E-state index in [1.165, 1.54) is 90.4 Å². The first-order chi connectivity index (χ1) is 58.8. The molecular weight excluding hydrogens is 1520 g/mol. The summed E-state index contributed by atoms with van der Waals surface area (Å²) in [5, 5.41) is 5.69. The van der Waals surface area contributed by atoms with Crippen molar-refractivity contribution in [3.8, 4) is 146 Å². The number of aromatic nitrogens is 6. The molecule has 1 aliphatic heterocycles.